The fraction of sp³-hybridized carbons (Fsp3) is 0.455. The van der Waals surface area contributed by atoms with E-state index in [1.165, 1.54) is 10.6 Å². The molecule has 0 aliphatic carbocycles. The highest BCUT2D eigenvalue weighted by Gasteiger charge is 2.27. The summed E-state index contributed by atoms with van der Waals surface area (Å²) in [5, 5.41) is 0.908. The Morgan fingerprint density at radius 3 is 2.67 bits per heavy atom. The van der Waals surface area contributed by atoms with Gasteiger partial charge in [0.25, 0.3) is 0 Å². The molecule has 1 aromatic rings. The van der Waals surface area contributed by atoms with Gasteiger partial charge < -0.3 is 4.74 Å². The van der Waals surface area contributed by atoms with Crippen LogP contribution in [0.3, 0.4) is 0 Å². The fourth-order valence-electron chi connectivity index (χ4n) is 1.84. The summed E-state index contributed by atoms with van der Waals surface area (Å²) in [7, 11) is -3.19. The number of hydrogen-bond donors (Lipinski definition) is 0. The molecule has 1 aliphatic rings. The lowest BCUT2D eigenvalue weighted by atomic mass is 10.1. The Kier molecular flexibility index (Phi) is 4.18. The maximum atomic E-state index is 11.5. The molecule has 4 nitrogen and oxygen atoms in total. The van der Waals surface area contributed by atoms with E-state index in [4.69, 9.17) is 27.9 Å². The lowest BCUT2D eigenvalue weighted by Gasteiger charge is -2.31. The zero-order valence-electron chi connectivity index (χ0n) is 9.77. The predicted octanol–water partition coefficient (Wildman–Crippen LogP) is 2.33. The molecule has 7 heteroatoms. The maximum Gasteiger partial charge on any atom is 0.211 e. The first kappa shape index (κ1) is 14.1. The van der Waals surface area contributed by atoms with Crippen LogP contribution in [0.4, 0.5) is 0 Å². The van der Waals surface area contributed by atoms with Crippen molar-refractivity contribution in [3.63, 3.8) is 0 Å². The molecule has 1 aliphatic heterocycles. The monoisotopic (exact) mass is 309 g/mol. The van der Waals surface area contributed by atoms with Gasteiger partial charge >= 0.3 is 0 Å². The highest BCUT2D eigenvalue weighted by Crippen LogP contribution is 2.29. The van der Waals surface area contributed by atoms with Gasteiger partial charge in [-0.3, -0.25) is 0 Å². The summed E-state index contributed by atoms with van der Waals surface area (Å²) in [6, 6.07) is 5.19. The van der Waals surface area contributed by atoms with Crippen LogP contribution < -0.4 is 0 Å². The number of hydrogen-bond acceptors (Lipinski definition) is 3. The molecule has 2 rings (SSSR count). The first-order valence-electron chi connectivity index (χ1n) is 5.39. The summed E-state index contributed by atoms with van der Waals surface area (Å²) < 4.78 is 30.0. The van der Waals surface area contributed by atoms with Crippen LogP contribution in [-0.2, 0) is 14.8 Å². The molecule has 0 radical (unpaired) electrons. The number of halogens is 2. The zero-order chi connectivity index (χ0) is 13.3. The summed E-state index contributed by atoms with van der Waals surface area (Å²) in [6.07, 6.45) is 0.896. The number of sulfonamides is 1. The van der Waals surface area contributed by atoms with Crippen LogP contribution in [-0.4, -0.2) is 38.7 Å². The van der Waals surface area contributed by atoms with Crippen LogP contribution in [0.15, 0.2) is 18.2 Å². The molecule has 100 valence electrons. The second-order valence-electron chi connectivity index (χ2n) is 4.15. The highest BCUT2D eigenvalue weighted by atomic mass is 35.5. The molecule has 1 atom stereocenters. The Labute approximate surface area is 116 Å². The third kappa shape index (κ3) is 3.16. The molecule has 0 N–H and O–H groups in total. The summed E-state index contributed by atoms with van der Waals surface area (Å²) >= 11 is 11.8. The Bertz CT molecular complexity index is 547. The van der Waals surface area contributed by atoms with Crippen molar-refractivity contribution in [1.29, 1.82) is 0 Å². The molecular formula is C11H13Cl2NO3S. The standard InChI is InChI=1S/C11H13Cl2NO3S/c1-18(15,16)14-4-5-17-11(7-14)8-2-3-9(12)10(13)6-8/h2-3,6,11H,4-5,7H2,1H3. The van der Waals surface area contributed by atoms with Crippen molar-refractivity contribution in [2.45, 2.75) is 6.10 Å². The van der Waals surface area contributed by atoms with Crippen molar-refractivity contribution in [3.8, 4) is 0 Å². The number of benzene rings is 1. The Morgan fingerprint density at radius 1 is 1.33 bits per heavy atom. The molecule has 0 amide bonds. The van der Waals surface area contributed by atoms with Crippen molar-refractivity contribution >= 4 is 33.2 Å². The van der Waals surface area contributed by atoms with Crippen LogP contribution in [0.1, 0.15) is 11.7 Å². The lowest BCUT2D eigenvalue weighted by molar-refractivity contribution is -0.00233. The third-order valence-electron chi connectivity index (χ3n) is 2.81. The van der Waals surface area contributed by atoms with E-state index in [0.717, 1.165) is 5.56 Å². The number of morpholine rings is 1. The molecule has 0 saturated carbocycles. The summed E-state index contributed by atoms with van der Waals surface area (Å²) in [5.74, 6) is 0. The van der Waals surface area contributed by atoms with Crippen molar-refractivity contribution < 1.29 is 13.2 Å². The van der Waals surface area contributed by atoms with Gasteiger partial charge in [0.15, 0.2) is 0 Å². The quantitative estimate of drug-likeness (QED) is 0.842. The van der Waals surface area contributed by atoms with Crippen molar-refractivity contribution in [2.24, 2.45) is 0 Å². The van der Waals surface area contributed by atoms with Gasteiger partial charge in [0.05, 0.1) is 29.0 Å². The third-order valence-corrected chi connectivity index (χ3v) is 4.82. The fourth-order valence-corrected chi connectivity index (χ4v) is 2.96. The van der Waals surface area contributed by atoms with Crippen LogP contribution in [0.5, 0.6) is 0 Å². The molecule has 1 unspecified atom stereocenters. The largest absolute Gasteiger partial charge is 0.371 e. The van der Waals surface area contributed by atoms with E-state index in [1.54, 1.807) is 18.2 Å². The van der Waals surface area contributed by atoms with Crippen LogP contribution in [0.25, 0.3) is 0 Å². The lowest BCUT2D eigenvalue weighted by Crippen LogP contribution is -2.41. The molecule has 1 heterocycles. The number of ether oxygens (including phenoxy) is 1. The van der Waals surface area contributed by atoms with Gasteiger partial charge in [0.2, 0.25) is 10.0 Å². The van der Waals surface area contributed by atoms with Crippen LogP contribution >= 0.6 is 23.2 Å². The summed E-state index contributed by atoms with van der Waals surface area (Å²) in [4.78, 5) is 0. The minimum absolute atomic E-state index is 0.302. The van der Waals surface area contributed by atoms with Gasteiger partial charge in [-0.2, -0.15) is 4.31 Å². The summed E-state index contributed by atoms with van der Waals surface area (Å²) in [6.45, 7) is 1.06. The predicted molar refractivity (Wildman–Crippen MR) is 71.6 cm³/mol. The van der Waals surface area contributed by atoms with Gasteiger partial charge in [0, 0.05) is 13.1 Å². The van der Waals surface area contributed by atoms with Gasteiger partial charge in [-0.15, -0.1) is 0 Å². The maximum absolute atomic E-state index is 11.5. The Balaban J connectivity index is 2.21. The van der Waals surface area contributed by atoms with Gasteiger partial charge in [-0.1, -0.05) is 29.3 Å². The van der Waals surface area contributed by atoms with Crippen LogP contribution in [0, 0.1) is 0 Å². The molecular weight excluding hydrogens is 297 g/mol. The molecule has 0 bridgehead atoms. The molecule has 0 aromatic heterocycles. The highest BCUT2D eigenvalue weighted by molar-refractivity contribution is 7.88. The topological polar surface area (TPSA) is 46.6 Å². The first-order valence-corrected chi connectivity index (χ1v) is 8.00. The second kappa shape index (κ2) is 5.35. The van der Waals surface area contributed by atoms with E-state index in [0.29, 0.717) is 29.7 Å². The average Bonchev–Trinajstić information content (AvgIpc) is 2.32. The van der Waals surface area contributed by atoms with E-state index in [2.05, 4.69) is 0 Å². The Morgan fingerprint density at radius 2 is 2.06 bits per heavy atom. The summed E-state index contributed by atoms with van der Waals surface area (Å²) in [5.41, 5.74) is 0.831. The molecule has 1 saturated heterocycles. The zero-order valence-corrected chi connectivity index (χ0v) is 12.1. The van der Waals surface area contributed by atoms with Gasteiger partial charge in [-0.05, 0) is 17.7 Å². The van der Waals surface area contributed by atoms with Crippen molar-refractivity contribution in [2.75, 3.05) is 26.0 Å². The minimum atomic E-state index is -3.19. The molecule has 1 fully saturated rings. The molecule has 0 spiro atoms. The number of rotatable bonds is 2. The van der Waals surface area contributed by atoms with Gasteiger partial charge in [-0.25, -0.2) is 8.42 Å². The number of nitrogens with zero attached hydrogens (tertiary/aromatic N) is 1. The smallest absolute Gasteiger partial charge is 0.211 e. The second-order valence-corrected chi connectivity index (χ2v) is 6.95. The Hall–Kier alpha value is -0.330. The minimum Gasteiger partial charge on any atom is -0.371 e. The normalized spacial score (nSPS) is 22.1. The SMILES string of the molecule is CS(=O)(=O)N1CCOC(c2ccc(Cl)c(Cl)c2)C1. The van der Waals surface area contributed by atoms with Crippen molar-refractivity contribution in [1.82, 2.24) is 4.31 Å². The average molecular weight is 310 g/mol. The van der Waals surface area contributed by atoms with Gasteiger partial charge in [0.1, 0.15) is 0 Å². The van der Waals surface area contributed by atoms with Crippen molar-refractivity contribution in [3.05, 3.63) is 33.8 Å². The first-order chi connectivity index (χ1) is 8.38. The van der Waals surface area contributed by atoms with E-state index >= 15 is 0 Å². The van der Waals surface area contributed by atoms with E-state index < -0.39 is 10.0 Å². The molecule has 18 heavy (non-hydrogen) atoms. The van der Waals surface area contributed by atoms with E-state index in [9.17, 15) is 8.42 Å². The van der Waals surface area contributed by atoms with E-state index in [-0.39, 0.29) is 6.10 Å². The molecule has 1 aromatic carbocycles. The van der Waals surface area contributed by atoms with E-state index in [1.807, 2.05) is 0 Å². The van der Waals surface area contributed by atoms with Crippen LogP contribution in [0.2, 0.25) is 10.0 Å².